The van der Waals surface area contributed by atoms with Gasteiger partial charge in [0.15, 0.2) is 0 Å². The lowest BCUT2D eigenvalue weighted by Crippen LogP contribution is -2.39. The van der Waals surface area contributed by atoms with Gasteiger partial charge in [0.2, 0.25) is 0 Å². The van der Waals surface area contributed by atoms with E-state index in [0.717, 1.165) is 12.3 Å². The molecule has 2 aromatic rings. The van der Waals surface area contributed by atoms with Crippen LogP contribution in [0, 0.1) is 0 Å². The van der Waals surface area contributed by atoms with E-state index in [-0.39, 0.29) is 17.7 Å². The maximum atomic E-state index is 12.6. The van der Waals surface area contributed by atoms with E-state index in [9.17, 15) is 18.0 Å². The van der Waals surface area contributed by atoms with Gasteiger partial charge in [-0.05, 0) is 24.3 Å². The summed E-state index contributed by atoms with van der Waals surface area (Å²) in [6.45, 7) is 5.27. The zero-order valence-electron chi connectivity index (χ0n) is 16.8. The van der Waals surface area contributed by atoms with Crippen LogP contribution >= 0.6 is 0 Å². The second kappa shape index (κ2) is 10.7. The highest BCUT2D eigenvalue weighted by Crippen LogP contribution is 2.30. The molecule has 0 aliphatic carbocycles. The third kappa shape index (κ3) is 7.09. The van der Waals surface area contributed by atoms with Crippen LogP contribution in [0.15, 0.2) is 36.7 Å². The van der Waals surface area contributed by atoms with Crippen molar-refractivity contribution < 1.29 is 27.8 Å². The molecule has 1 saturated heterocycles. The summed E-state index contributed by atoms with van der Waals surface area (Å²) in [6, 6.07) is 5.17. The molecule has 1 amide bonds. The van der Waals surface area contributed by atoms with Crippen LogP contribution in [0.4, 0.5) is 29.6 Å². The van der Waals surface area contributed by atoms with Crippen molar-refractivity contribution in [2.45, 2.75) is 45.4 Å². The molecule has 7 nitrogen and oxygen atoms in total. The number of carbonyl (C=O) groups is 1. The Kier molecular flexibility index (Phi) is 8.25. The number of nitrogens with one attached hydrogen (secondary N) is 1. The van der Waals surface area contributed by atoms with Crippen molar-refractivity contribution in [3.8, 4) is 5.75 Å². The van der Waals surface area contributed by atoms with Crippen molar-refractivity contribution in [1.29, 1.82) is 0 Å². The minimum absolute atomic E-state index is 0.0156. The molecular formula is C20H25F3N4O3. The lowest BCUT2D eigenvalue weighted by molar-refractivity contribution is -0.137. The molecule has 0 saturated carbocycles. The van der Waals surface area contributed by atoms with Gasteiger partial charge in [0.05, 0.1) is 11.8 Å². The number of rotatable bonds is 3. The molecule has 3 heterocycles. The molecule has 3 rings (SSSR count). The first-order valence-electron chi connectivity index (χ1n) is 9.63. The second-order valence-electron chi connectivity index (χ2n) is 6.73. The summed E-state index contributed by atoms with van der Waals surface area (Å²) in [5.41, 5.74) is -0.788. The average Bonchev–Trinajstić information content (AvgIpc) is 2.70. The van der Waals surface area contributed by atoms with Crippen LogP contribution in [0.3, 0.4) is 0 Å². The van der Waals surface area contributed by atoms with Crippen LogP contribution < -0.4 is 10.2 Å². The van der Waals surface area contributed by atoms with Crippen molar-refractivity contribution in [3.05, 3.63) is 42.2 Å². The van der Waals surface area contributed by atoms with Crippen molar-refractivity contribution in [1.82, 2.24) is 9.97 Å². The van der Waals surface area contributed by atoms with E-state index in [1.165, 1.54) is 30.8 Å². The number of amides is 1. The van der Waals surface area contributed by atoms with Crippen LogP contribution in [0.25, 0.3) is 0 Å². The smallest absolute Gasteiger partial charge is 0.417 e. The van der Waals surface area contributed by atoms with Gasteiger partial charge in [-0.1, -0.05) is 20.3 Å². The van der Waals surface area contributed by atoms with Crippen LogP contribution in [-0.4, -0.2) is 40.4 Å². The third-order valence-electron chi connectivity index (χ3n) is 4.09. The first-order valence-corrected chi connectivity index (χ1v) is 9.63. The summed E-state index contributed by atoms with van der Waals surface area (Å²) < 4.78 is 43.1. The third-order valence-corrected chi connectivity index (χ3v) is 4.09. The number of alkyl halides is 3. The molecule has 0 bridgehead atoms. The molecule has 30 heavy (non-hydrogen) atoms. The van der Waals surface area contributed by atoms with E-state index in [4.69, 9.17) is 9.84 Å². The van der Waals surface area contributed by atoms with Gasteiger partial charge in [0, 0.05) is 32.1 Å². The lowest BCUT2D eigenvalue weighted by atomic mass is 10.1. The number of hydrogen-bond acceptors (Lipinski definition) is 6. The number of halogens is 3. The average molecular weight is 426 g/mol. The maximum Gasteiger partial charge on any atom is 0.417 e. The van der Waals surface area contributed by atoms with E-state index in [2.05, 4.69) is 29.1 Å². The number of hydrogen-bond donors (Lipinski definition) is 2. The molecule has 1 aliphatic heterocycles. The summed E-state index contributed by atoms with van der Waals surface area (Å²) in [7, 11) is 0. The Morgan fingerprint density at radius 1 is 1.17 bits per heavy atom. The van der Waals surface area contributed by atoms with Gasteiger partial charge >= 0.3 is 12.3 Å². The summed E-state index contributed by atoms with van der Waals surface area (Å²) in [5.74, 6) is 0.696. The summed E-state index contributed by atoms with van der Waals surface area (Å²) >= 11 is 0. The fraction of sp³-hybridized carbons (Fsp3) is 0.450. The number of carbonyl (C=O) groups excluding carboxylic acids is 1. The highest BCUT2D eigenvalue weighted by molar-refractivity contribution is 5.83. The van der Waals surface area contributed by atoms with E-state index < -0.39 is 17.8 Å². The molecule has 2 aromatic heterocycles. The van der Waals surface area contributed by atoms with Gasteiger partial charge in [0.25, 0.3) is 0 Å². The zero-order valence-corrected chi connectivity index (χ0v) is 16.8. The summed E-state index contributed by atoms with van der Waals surface area (Å²) in [6.07, 6.45) is -1.06. The molecule has 10 heteroatoms. The van der Waals surface area contributed by atoms with Gasteiger partial charge in [-0.2, -0.15) is 13.2 Å². The van der Waals surface area contributed by atoms with E-state index in [0.29, 0.717) is 31.7 Å². The number of nitrogens with zero attached hydrogens (tertiary/aromatic N) is 3. The van der Waals surface area contributed by atoms with Crippen LogP contribution in [-0.2, 0) is 10.9 Å². The van der Waals surface area contributed by atoms with Crippen molar-refractivity contribution in [2.24, 2.45) is 0 Å². The monoisotopic (exact) mass is 426 g/mol. The Morgan fingerprint density at radius 3 is 2.33 bits per heavy atom. The van der Waals surface area contributed by atoms with E-state index in [1.54, 1.807) is 0 Å². The largest absolute Gasteiger partial charge is 0.506 e. The molecule has 1 fully saturated rings. The minimum atomic E-state index is -4.41. The standard InChI is InChI=1S/C17H17F3N4O3.C3H8/c18-17(19,20)11-1-4-15(22-9-11)24-7-5-13(6-8-24)27-16(26)23-14-3-2-12(25)10-21-14;1-3-2/h1-4,9-10,13,25H,5-8H2,(H,21,23,26);3H2,1-2H3. The highest BCUT2D eigenvalue weighted by atomic mass is 19.4. The summed E-state index contributed by atoms with van der Waals surface area (Å²) in [5, 5.41) is 11.6. The molecule has 1 aliphatic rings. The van der Waals surface area contributed by atoms with E-state index >= 15 is 0 Å². The predicted molar refractivity (Wildman–Crippen MR) is 106 cm³/mol. The van der Waals surface area contributed by atoms with Gasteiger partial charge in [0.1, 0.15) is 23.5 Å². The van der Waals surface area contributed by atoms with Gasteiger partial charge in [-0.25, -0.2) is 14.8 Å². The van der Waals surface area contributed by atoms with E-state index in [1.807, 2.05) is 4.90 Å². The predicted octanol–water partition coefficient (Wildman–Crippen LogP) is 4.83. The summed E-state index contributed by atoms with van der Waals surface area (Å²) in [4.78, 5) is 21.4. The number of aromatic nitrogens is 2. The quantitative estimate of drug-likeness (QED) is 0.731. The number of piperidine rings is 1. The minimum Gasteiger partial charge on any atom is -0.506 e. The first-order chi connectivity index (χ1) is 14.2. The maximum absolute atomic E-state index is 12.6. The number of pyridine rings is 2. The molecule has 0 aromatic carbocycles. The second-order valence-corrected chi connectivity index (χ2v) is 6.73. The zero-order chi connectivity index (χ0) is 22.1. The lowest BCUT2D eigenvalue weighted by Gasteiger charge is -2.32. The topological polar surface area (TPSA) is 87.6 Å². The van der Waals surface area contributed by atoms with Crippen molar-refractivity contribution in [3.63, 3.8) is 0 Å². The molecular weight excluding hydrogens is 401 g/mol. The fourth-order valence-corrected chi connectivity index (χ4v) is 2.69. The van der Waals surface area contributed by atoms with Crippen LogP contribution in [0.1, 0.15) is 38.7 Å². The Hall–Kier alpha value is -3.04. The van der Waals surface area contributed by atoms with Crippen LogP contribution in [0.2, 0.25) is 0 Å². The van der Waals surface area contributed by atoms with Crippen LogP contribution in [0.5, 0.6) is 5.75 Å². The Labute approximate surface area is 172 Å². The Bertz CT molecular complexity index is 790. The van der Waals surface area contributed by atoms with Gasteiger partial charge in [-0.15, -0.1) is 0 Å². The number of aromatic hydroxyl groups is 1. The SMILES string of the molecule is CCC.O=C(Nc1ccc(O)cn1)OC1CCN(c2ccc(C(F)(F)F)cn2)CC1. The molecule has 0 spiro atoms. The molecule has 0 atom stereocenters. The molecule has 0 radical (unpaired) electrons. The van der Waals surface area contributed by atoms with Crippen molar-refractivity contribution in [2.75, 3.05) is 23.3 Å². The highest BCUT2D eigenvalue weighted by Gasteiger charge is 2.31. The van der Waals surface area contributed by atoms with Gasteiger partial charge in [-0.3, -0.25) is 5.32 Å². The Morgan fingerprint density at radius 2 is 1.83 bits per heavy atom. The normalized spacial score (nSPS) is 14.5. The first kappa shape index (κ1) is 23.2. The molecule has 0 unspecified atom stereocenters. The number of ether oxygens (including phenoxy) is 1. The Balaban J connectivity index is 0.00000101. The molecule has 164 valence electrons. The molecule has 2 N–H and O–H groups in total. The fourth-order valence-electron chi connectivity index (χ4n) is 2.69. The number of anilines is 2. The van der Waals surface area contributed by atoms with Gasteiger partial charge < -0.3 is 14.7 Å². The van der Waals surface area contributed by atoms with Crippen molar-refractivity contribution >= 4 is 17.7 Å².